The molecule has 1 atom stereocenters. The van der Waals surface area contributed by atoms with Crippen molar-refractivity contribution in [3.8, 4) is 6.07 Å². The van der Waals surface area contributed by atoms with Gasteiger partial charge in [0.2, 0.25) is 5.91 Å². The van der Waals surface area contributed by atoms with Crippen LogP contribution < -0.4 is 5.32 Å². The molecule has 3 nitrogen and oxygen atoms in total. The third-order valence-corrected chi connectivity index (χ3v) is 3.18. The molecule has 96 valence electrons. The number of hydrogen-bond donors (Lipinski definition) is 1. The van der Waals surface area contributed by atoms with Gasteiger partial charge in [0.1, 0.15) is 0 Å². The maximum Gasteiger partial charge on any atom is 0.223 e. The topological polar surface area (TPSA) is 52.9 Å². The fraction of sp³-hybridized carbons (Fsp3) is 0.467. The van der Waals surface area contributed by atoms with Crippen molar-refractivity contribution in [3.63, 3.8) is 0 Å². The van der Waals surface area contributed by atoms with Gasteiger partial charge in [0.25, 0.3) is 0 Å². The molecule has 1 N–H and O–H groups in total. The summed E-state index contributed by atoms with van der Waals surface area (Å²) >= 11 is 0. The number of nitrogens with one attached hydrogen (secondary N) is 1. The number of benzene rings is 1. The molecule has 1 aliphatic rings. The Hall–Kier alpha value is -1.82. The summed E-state index contributed by atoms with van der Waals surface area (Å²) in [4.78, 5) is 11.5. The van der Waals surface area contributed by atoms with E-state index in [4.69, 9.17) is 5.26 Å². The molecular formula is C15H20N2O. The normalized spacial score (nSPS) is 16.7. The van der Waals surface area contributed by atoms with Crippen LogP contribution in [0.4, 0.5) is 0 Å². The Morgan fingerprint density at radius 2 is 2.11 bits per heavy atom. The molecule has 1 aromatic rings. The van der Waals surface area contributed by atoms with Gasteiger partial charge in [-0.05, 0) is 42.5 Å². The van der Waals surface area contributed by atoms with E-state index in [2.05, 4.69) is 11.4 Å². The van der Waals surface area contributed by atoms with E-state index in [1.54, 1.807) is 7.05 Å². The first-order valence-corrected chi connectivity index (χ1v) is 6.48. The van der Waals surface area contributed by atoms with Gasteiger partial charge in [0.15, 0.2) is 0 Å². The molecule has 1 unspecified atom stereocenters. The van der Waals surface area contributed by atoms with Crippen molar-refractivity contribution >= 4 is 5.91 Å². The minimum Gasteiger partial charge on any atom is -0.359 e. The van der Waals surface area contributed by atoms with Crippen LogP contribution in [0.5, 0.6) is 0 Å². The molecule has 0 radical (unpaired) electrons. The Kier molecular flexibility index (Phi) is 5.38. The third-order valence-electron chi connectivity index (χ3n) is 3.18. The maximum absolute atomic E-state index is 11.5. The van der Waals surface area contributed by atoms with Gasteiger partial charge in [-0.3, -0.25) is 4.79 Å². The molecule has 1 aromatic carbocycles. The van der Waals surface area contributed by atoms with Crippen LogP contribution in [-0.4, -0.2) is 13.0 Å². The molecule has 2 rings (SSSR count). The van der Waals surface area contributed by atoms with E-state index in [1.807, 2.05) is 32.0 Å². The van der Waals surface area contributed by atoms with E-state index in [1.165, 1.54) is 11.1 Å². The van der Waals surface area contributed by atoms with Crippen LogP contribution >= 0.6 is 0 Å². The number of hydrogen-bond acceptors (Lipinski definition) is 2. The number of nitriles is 1. The van der Waals surface area contributed by atoms with Gasteiger partial charge < -0.3 is 5.32 Å². The van der Waals surface area contributed by atoms with Crippen LogP contribution in [0.25, 0.3) is 0 Å². The number of carbonyl (C=O) groups excluding carboxylic acids is 1. The summed E-state index contributed by atoms with van der Waals surface area (Å²) in [5, 5.41) is 11.5. The fourth-order valence-corrected chi connectivity index (χ4v) is 2.25. The standard InChI is InChI=1S/C13H14N2O.C2H6/c1-15-13(16)12-5-4-10-6-9(8-14)2-3-11(10)7-12;1-2/h2-3,6,12H,4-5,7H2,1H3,(H,15,16);1-2H3. The molecule has 0 fully saturated rings. The second kappa shape index (κ2) is 6.80. The largest absolute Gasteiger partial charge is 0.359 e. The van der Waals surface area contributed by atoms with Crippen molar-refractivity contribution in [3.05, 3.63) is 34.9 Å². The van der Waals surface area contributed by atoms with E-state index in [0.717, 1.165) is 19.3 Å². The Labute approximate surface area is 109 Å². The zero-order valence-corrected chi connectivity index (χ0v) is 11.3. The lowest BCUT2D eigenvalue weighted by atomic mass is 9.83. The van der Waals surface area contributed by atoms with Crippen molar-refractivity contribution < 1.29 is 4.79 Å². The van der Waals surface area contributed by atoms with E-state index in [9.17, 15) is 4.79 Å². The molecular weight excluding hydrogens is 224 g/mol. The highest BCUT2D eigenvalue weighted by molar-refractivity contribution is 5.79. The zero-order valence-electron chi connectivity index (χ0n) is 11.3. The summed E-state index contributed by atoms with van der Waals surface area (Å²) in [5.41, 5.74) is 3.13. The minimum atomic E-state index is 0.0884. The highest BCUT2D eigenvalue weighted by Crippen LogP contribution is 2.26. The van der Waals surface area contributed by atoms with E-state index < -0.39 is 0 Å². The van der Waals surface area contributed by atoms with E-state index in [-0.39, 0.29) is 11.8 Å². The zero-order chi connectivity index (χ0) is 13.5. The molecule has 3 heteroatoms. The molecule has 0 bridgehead atoms. The number of amides is 1. The van der Waals surface area contributed by atoms with Crippen molar-refractivity contribution in [2.24, 2.45) is 5.92 Å². The molecule has 0 saturated carbocycles. The summed E-state index contributed by atoms with van der Waals surface area (Å²) < 4.78 is 0. The Morgan fingerprint density at radius 1 is 1.39 bits per heavy atom. The Morgan fingerprint density at radius 3 is 2.72 bits per heavy atom. The first-order valence-electron chi connectivity index (χ1n) is 6.48. The van der Waals surface area contributed by atoms with Gasteiger partial charge in [-0.25, -0.2) is 0 Å². The van der Waals surface area contributed by atoms with Crippen molar-refractivity contribution in [1.82, 2.24) is 5.32 Å². The summed E-state index contributed by atoms with van der Waals surface area (Å²) in [7, 11) is 1.68. The molecule has 1 aliphatic carbocycles. The highest BCUT2D eigenvalue weighted by Gasteiger charge is 2.23. The first kappa shape index (κ1) is 14.2. The molecule has 0 aliphatic heterocycles. The maximum atomic E-state index is 11.5. The number of rotatable bonds is 1. The van der Waals surface area contributed by atoms with E-state index >= 15 is 0 Å². The summed E-state index contributed by atoms with van der Waals surface area (Å²) in [6, 6.07) is 7.88. The van der Waals surface area contributed by atoms with E-state index in [0.29, 0.717) is 5.56 Å². The van der Waals surface area contributed by atoms with Gasteiger partial charge in [0.05, 0.1) is 11.6 Å². The molecule has 0 spiro atoms. The average Bonchev–Trinajstić information content (AvgIpc) is 2.47. The van der Waals surface area contributed by atoms with Crippen LogP contribution in [-0.2, 0) is 17.6 Å². The van der Waals surface area contributed by atoms with Crippen molar-refractivity contribution in [2.45, 2.75) is 33.1 Å². The molecule has 0 aromatic heterocycles. The summed E-state index contributed by atoms with van der Waals surface area (Å²) in [6.45, 7) is 4.00. The molecule has 0 heterocycles. The van der Waals surface area contributed by atoms with Gasteiger partial charge in [-0.1, -0.05) is 19.9 Å². The highest BCUT2D eigenvalue weighted by atomic mass is 16.1. The van der Waals surface area contributed by atoms with Gasteiger partial charge in [-0.15, -0.1) is 0 Å². The van der Waals surface area contributed by atoms with Crippen molar-refractivity contribution in [2.75, 3.05) is 7.05 Å². The third kappa shape index (κ3) is 3.10. The van der Waals surface area contributed by atoms with Crippen LogP contribution in [0, 0.1) is 17.2 Å². The monoisotopic (exact) mass is 244 g/mol. The van der Waals surface area contributed by atoms with Gasteiger partial charge in [0, 0.05) is 13.0 Å². The second-order valence-electron chi connectivity index (χ2n) is 4.15. The quantitative estimate of drug-likeness (QED) is 0.825. The van der Waals surface area contributed by atoms with Crippen LogP contribution in [0.3, 0.4) is 0 Å². The lowest BCUT2D eigenvalue weighted by Gasteiger charge is -2.23. The number of nitrogens with zero attached hydrogens (tertiary/aromatic N) is 1. The van der Waals surface area contributed by atoms with Crippen LogP contribution in [0.15, 0.2) is 18.2 Å². The SMILES string of the molecule is CC.CNC(=O)C1CCc2cc(C#N)ccc2C1. The average molecular weight is 244 g/mol. The van der Waals surface area contributed by atoms with Crippen LogP contribution in [0.1, 0.15) is 37.0 Å². The predicted octanol–water partition coefficient (Wildman–Crippen LogP) is 2.44. The van der Waals surface area contributed by atoms with Gasteiger partial charge >= 0.3 is 0 Å². The lowest BCUT2D eigenvalue weighted by molar-refractivity contribution is -0.124. The first-order chi connectivity index (χ1) is 8.74. The smallest absolute Gasteiger partial charge is 0.223 e. The molecule has 0 saturated heterocycles. The minimum absolute atomic E-state index is 0.0884. The molecule has 1 amide bonds. The van der Waals surface area contributed by atoms with Crippen LogP contribution in [0.2, 0.25) is 0 Å². The Bertz CT molecular complexity index is 460. The summed E-state index contributed by atoms with van der Waals surface area (Å²) in [5.74, 6) is 0.209. The predicted molar refractivity (Wildman–Crippen MR) is 72.1 cm³/mol. The van der Waals surface area contributed by atoms with Crippen molar-refractivity contribution in [1.29, 1.82) is 5.26 Å². The Balaban J connectivity index is 0.000000771. The number of fused-ring (bicyclic) bond motifs is 1. The van der Waals surface area contributed by atoms with Gasteiger partial charge in [-0.2, -0.15) is 5.26 Å². The lowest BCUT2D eigenvalue weighted by Crippen LogP contribution is -2.31. The number of carbonyl (C=O) groups is 1. The number of aryl methyl sites for hydroxylation is 1. The summed E-state index contributed by atoms with van der Waals surface area (Å²) in [6.07, 6.45) is 2.56. The molecule has 18 heavy (non-hydrogen) atoms. The fourth-order valence-electron chi connectivity index (χ4n) is 2.25. The second-order valence-corrected chi connectivity index (χ2v) is 4.15.